The van der Waals surface area contributed by atoms with Crippen molar-refractivity contribution < 1.29 is 13.9 Å². The van der Waals surface area contributed by atoms with Crippen molar-refractivity contribution in [3.8, 4) is 5.75 Å². The van der Waals surface area contributed by atoms with Crippen LogP contribution in [-0.4, -0.2) is 41.2 Å². The lowest BCUT2D eigenvalue weighted by molar-refractivity contribution is 0.0907. The molecule has 1 amide bonds. The minimum Gasteiger partial charge on any atom is -0.475 e. The SMILES string of the molecule is N=C(N)c1ccc2cc(C(=O)N[C@H]3CC[C@H](N)CC3)n(CC3CCC(Oc4ccc(F)cc4)NC3)c2c1. The van der Waals surface area contributed by atoms with Gasteiger partial charge in [0.2, 0.25) is 0 Å². The predicted octanol–water partition coefficient (Wildman–Crippen LogP) is 3.47. The van der Waals surface area contributed by atoms with E-state index in [9.17, 15) is 9.18 Å². The topological polar surface area (TPSA) is 131 Å². The van der Waals surface area contributed by atoms with Gasteiger partial charge >= 0.3 is 0 Å². The normalized spacial score (nSPS) is 24.1. The van der Waals surface area contributed by atoms with Crippen molar-refractivity contribution >= 4 is 22.6 Å². The van der Waals surface area contributed by atoms with Crippen molar-refractivity contribution in [1.82, 2.24) is 15.2 Å². The highest BCUT2D eigenvalue weighted by molar-refractivity contribution is 6.02. The lowest BCUT2D eigenvalue weighted by Crippen LogP contribution is -2.44. The number of nitrogens with one attached hydrogen (secondary N) is 3. The molecular weight excluding hydrogens is 471 g/mol. The Kier molecular flexibility index (Phi) is 7.43. The fraction of sp³-hybridized carbons (Fsp3) is 0.429. The number of carbonyl (C=O) groups excluding carboxylic acids is 1. The van der Waals surface area contributed by atoms with Crippen molar-refractivity contribution in [2.45, 2.75) is 63.4 Å². The van der Waals surface area contributed by atoms with Crippen LogP contribution in [0.3, 0.4) is 0 Å². The monoisotopic (exact) mass is 506 g/mol. The van der Waals surface area contributed by atoms with Gasteiger partial charge in [0, 0.05) is 41.6 Å². The Labute approximate surface area is 216 Å². The maximum Gasteiger partial charge on any atom is 0.268 e. The van der Waals surface area contributed by atoms with Gasteiger partial charge in [-0.05, 0) is 80.8 Å². The van der Waals surface area contributed by atoms with Gasteiger partial charge in [-0.25, -0.2) is 4.39 Å². The summed E-state index contributed by atoms with van der Waals surface area (Å²) in [5, 5.41) is 15.5. The van der Waals surface area contributed by atoms with Crippen molar-refractivity contribution in [3.63, 3.8) is 0 Å². The number of aromatic nitrogens is 1. The first kappa shape index (κ1) is 25.2. The maximum absolute atomic E-state index is 13.4. The van der Waals surface area contributed by atoms with E-state index in [0.717, 1.165) is 56.0 Å². The number of fused-ring (bicyclic) bond motifs is 1. The zero-order chi connectivity index (χ0) is 25.9. The van der Waals surface area contributed by atoms with Gasteiger partial charge in [0.15, 0.2) is 0 Å². The third kappa shape index (κ3) is 5.94. The van der Waals surface area contributed by atoms with Gasteiger partial charge in [-0.1, -0.05) is 12.1 Å². The van der Waals surface area contributed by atoms with Crippen molar-refractivity contribution in [1.29, 1.82) is 5.41 Å². The molecule has 1 aromatic heterocycles. The first-order valence-corrected chi connectivity index (χ1v) is 13.1. The summed E-state index contributed by atoms with van der Waals surface area (Å²) < 4.78 is 21.2. The Morgan fingerprint density at radius 1 is 1.08 bits per heavy atom. The second-order valence-electron chi connectivity index (χ2n) is 10.3. The van der Waals surface area contributed by atoms with E-state index in [1.807, 2.05) is 24.3 Å². The molecule has 1 saturated heterocycles. The molecule has 2 aromatic carbocycles. The number of piperidine rings is 1. The van der Waals surface area contributed by atoms with Crippen molar-refractivity contribution in [2.75, 3.05) is 6.54 Å². The molecule has 37 heavy (non-hydrogen) atoms. The highest BCUT2D eigenvalue weighted by Crippen LogP contribution is 2.27. The highest BCUT2D eigenvalue weighted by Gasteiger charge is 2.26. The van der Waals surface area contributed by atoms with E-state index in [0.29, 0.717) is 23.6 Å². The van der Waals surface area contributed by atoms with Crippen LogP contribution in [0.2, 0.25) is 0 Å². The molecule has 0 radical (unpaired) electrons. The Morgan fingerprint density at radius 2 is 1.84 bits per heavy atom. The van der Waals surface area contributed by atoms with E-state index in [2.05, 4.69) is 15.2 Å². The molecule has 196 valence electrons. The van der Waals surface area contributed by atoms with E-state index < -0.39 is 0 Å². The molecule has 7 N–H and O–H groups in total. The number of halogens is 1. The van der Waals surface area contributed by atoms with Crippen LogP contribution in [0.1, 0.15) is 54.6 Å². The van der Waals surface area contributed by atoms with Crippen molar-refractivity contribution in [2.24, 2.45) is 17.4 Å². The molecule has 1 aliphatic carbocycles. The van der Waals surface area contributed by atoms with Gasteiger partial charge < -0.3 is 26.1 Å². The molecule has 1 saturated carbocycles. The molecule has 5 rings (SSSR count). The quantitative estimate of drug-likeness (QED) is 0.247. The Hall–Kier alpha value is -3.43. The van der Waals surface area contributed by atoms with Gasteiger partial charge in [0.05, 0.1) is 0 Å². The van der Waals surface area contributed by atoms with Crippen LogP contribution in [0.5, 0.6) is 5.75 Å². The smallest absolute Gasteiger partial charge is 0.268 e. The molecular formula is C28H35FN6O2. The average Bonchev–Trinajstić information content (AvgIpc) is 3.25. The molecule has 3 aromatic rings. The number of ether oxygens (including phenoxy) is 1. The van der Waals surface area contributed by atoms with Crippen LogP contribution < -0.4 is 26.8 Å². The summed E-state index contributed by atoms with van der Waals surface area (Å²) in [5.41, 5.74) is 14.0. The number of hydrogen-bond donors (Lipinski definition) is 5. The van der Waals surface area contributed by atoms with Gasteiger partial charge in [-0.15, -0.1) is 0 Å². The summed E-state index contributed by atoms with van der Waals surface area (Å²) >= 11 is 0. The van der Waals surface area contributed by atoms with Crippen LogP contribution in [-0.2, 0) is 6.54 Å². The van der Waals surface area contributed by atoms with Crippen LogP contribution in [0.4, 0.5) is 4.39 Å². The number of nitrogens with two attached hydrogens (primary N) is 2. The van der Waals surface area contributed by atoms with Gasteiger partial charge in [-0.2, -0.15) is 0 Å². The van der Waals surface area contributed by atoms with E-state index in [1.165, 1.54) is 12.1 Å². The molecule has 9 heteroatoms. The van der Waals surface area contributed by atoms with Gasteiger partial charge in [0.25, 0.3) is 5.91 Å². The molecule has 2 aliphatic rings. The summed E-state index contributed by atoms with van der Waals surface area (Å²) in [6, 6.07) is 14.0. The minimum absolute atomic E-state index is 0.000636. The number of nitrogen functional groups attached to an aromatic ring is 1. The van der Waals surface area contributed by atoms with E-state index in [1.54, 1.807) is 12.1 Å². The number of amidine groups is 1. The summed E-state index contributed by atoms with van der Waals surface area (Å²) in [4.78, 5) is 13.4. The predicted molar refractivity (Wildman–Crippen MR) is 142 cm³/mol. The first-order valence-electron chi connectivity index (χ1n) is 13.1. The molecule has 1 aliphatic heterocycles. The lowest BCUT2D eigenvalue weighted by Gasteiger charge is -2.31. The summed E-state index contributed by atoms with van der Waals surface area (Å²) in [7, 11) is 0. The van der Waals surface area contributed by atoms with Crippen molar-refractivity contribution in [3.05, 3.63) is 65.6 Å². The number of nitrogens with zero attached hydrogens (tertiary/aromatic N) is 1. The molecule has 2 atom stereocenters. The molecule has 2 unspecified atom stereocenters. The molecule has 2 heterocycles. The van der Waals surface area contributed by atoms with E-state index in [4.69, 9.17) is 21.6 Å². The third-order valence-electron chi connectivity index (χ3n) is 7.56. The maximum atomic E-state index is 13.4. The van der Waals surface area contributed by atoms with Gasteiger partial charge in [-0.3, -0.25) is 15.5 Å². The number of amides is 1. The summed E-state index contributed by atoms with van der Waals surface area (Å²) in [6.45, 7) is 1.37. The second-order valence-corrected chi connectivity index (χ2v) is 10.3. The summed E-state index contributed by atoms with van der Waals surface area (Å²) in [6.07, 6.45) is 5.19. The van der Waals surface area contributed by atoms with E-state index in [-0.39, 0.29) is 41.8 Å². The molecule has 8 nitrogen and oxygen atoms in total. The number of benzene rings is 2. The van der Waals surface area contributed by atoms with Crippen LogP contribution >= 0.6 is 0 Å². The highest BCUT2D eigenvalue weighted by atomic mass is 19.1. The number of rotatable bonds is 7. The summed E-state index contributed by atoms with van der Waals surface area (Å²) in [5.74, 6) is 0.543. The zero-order valence-corrected chi connectivity index (χ0v) is 20.9. The molecule has 0 spiro atoms. The van der Waals surface area contributed by atoms with Crippen LogP contribution in [0.15, 0.2) is 48.5 Å². The second kappa shape index (κ2) is 10.9. The van der Waals surface area contributed by atoms with E-state index >= 15 is 0 Å². The van der Waals surface area contributed by atoms with Crippen LogP contribution in [0.25, 0.3) is 10.9 Å². The molecule has 2 fully saturated rings. The molecule has 0 bridgehead atoms. The van der Waals surface area contributed by atoms with Gasteiger partial charge in [0.1, 0.15) is 29.3 Å². The Bertz CT molecular complexity index is 1260. The third-order valence-corrected chi connectivity index (χ3v) is 7.56. The minimum atomic E-state index is -0.289. The Balaban J connectivity index is 1.32. The lowest BCUT2D eigenvalue weighted by atomic mass is 9.92. The average molecular weight is 507 g/mol. The zero-order valence-electron chi connectivity index (χ0n) is 20.9. The fourth-order valence-electron chi connectivity index (χ4n) is 5.41. The number of hydrogen-bond acceptors (Lipinski definition) is 5. The Morgan fingerprint density at radius 3 is 2.51 bits per heavy atom. The largest absolute Gasteiger partial charge is 0.475 e. The van der Waals surface area contributed by atoms with Crippen LogP contribution in [0, 0.1) is 17.1 Å². The number of carbonyl (C=O) groups is 1. The first-order chi connectivity index (χ1) is 17.9. The fourth-order valence-corrected chi connectivity index (χ4v) is 5.41. The standard InChI is InChI=1S/C28H35FN6O2/c29-20-4-10-23(11-5-20)37-26-12-1-17(15-33-26)16-35-24-14-19(27(31)32)3-2-18(24)13-25(35)28(36)34-22-8-6-21(30)7-9-22/h2-5,10-11,13-14,17,21-22,26,33H,1,6-9,12,15-16,30H2,(H3,31,32)(H,34,36)/t17?,21-,22-,26?.